The molecule has 1 unspecified atom stereocenters. The van der Waals surface area contributed by atoms with Gasteiger partial charge in [-0.25, -0.2) is 0 Å². The van der Waals surface area contributed by atoms with E-state index in [1.54, 1.807) is 0 Å². The maximum atomic E-state index is 5.73. The van der Waals surface area contributed by atoms with E-state index in [9.17, 15) is 0 Å². The minimum absolute atomic E-state index is 0.193. The van der Waals surface area contributed by atoms with Crippen molar-refractivity contribution in [3.8, 4) is 0 Å². The minimum atomic E-state index is -0.204. The molecule has 2 heterocycles. The number of hydrogen-bond donors (Lipinski definition) is 1. The molecule has 2 atom stereocenters. The standard InChI is InChI=1S/C11H21N5O/c1-8(12)11-13-10(14-17-11)9-7-15(2)5-4-6-16(9)3/h8-9H,4-7,12H2,1-3H3/t8-,9?/m1/s1. The Kier molecular flexibility index (Phi) is 3.76. The highest BCUT2D eigenvalue weighted by Crippen LogP contribution is 2.21. The fraction of sp³-hybridized carbons (Fsp3) is 0.818. The predicted molar refractivity (Wildman–Crippen MR) is 64.4 cm³/mol. The molecule has 17 heavy (non-hydrogen) atoms. The second-order valence-electron chi connectivity index (χ2n) is 4.89. The van der Waals surface area contributed by atoms with Crippen LogP contribution in [0.4, 0.5) is 0 Å². The summed E-state index contributed by atoms with van der Waals surface area (Å²) in [6.07, 6.45) is 1.17. The molecule has 6 heteroatoms. The van der Waals surface area contributed by atoms with E-state index < -0.39 is 0 Å². The van der Waals surface area contributed by atoms with Crippen molar-refractivity contribution in [2.45, 2.75) is 25.4 Å². The van der Waals surface area contributed by atoms with Crippen LogP contribution in [0.5, 0.6) is 0 Å². The second-order valence-corrected chi connectivity index (χ2v) is 4.89. The molecule has 6 nitrogen and oxygen atoms in total. The van der Waals surface area contributed by atoms with Gasteiger partial charge in [0.05, 0.1) is 12.1 Å². The molecule has 0 amide bonds. The highest BCUT2D eigenvalue weighted by atomic mass is 16.5. The van der Waals surface area contributed by atoms with Crippen LogP contribution in [0, 0.1) is 0 Å². The summed E-state index contributed by atoms with van der Waals surface area (Å²) in [4.78, 5) is 8.97. The highest BCUT2D eigenvalue weighted by Gasteiger charge is 2.26. The van der Waals surface area contributed by atoms with E-state index in [1.807, 2.05) is 6.92 Å². The molecule has 1 saturated heterocycles. The average molecular weight is 239 g/mol. The van der Waals surface area contributed by atoms with Crippen LogP contribution in [0.15, 0.2) is 4.52 Å². The summed E-state index contributed by atoms with van der Waals surface area (Å²) >= 11 is 0. The number of nitrogens with two attached hydrogens (primary N) is 1. The van der Waals surface area contributed by atoms with E-state index in [0.29, 0.717) is 5.89 Å². The molecular formula is C11H21N5O. The lowest BCUT2D eigenvalue weighted by molar-refractivity contribution is 0.214. The summed E-state index contributed by atoms with van der Waals surface area (Å²) in [6.45, 7) is 4.94. The van der Waals surface area contributed by atoms with Crippen LogP contribution < -0.4 is 5.73 Å². The molecule has 2 N–H and O–H groups in total. The van der Waals surface area contributed by atoms with Gasteiger partial charge in [-0.1, -0.05) is 5.16 Å². The lowest BCUT2D eigenvalue weighted by Crippen LogP contribution is -2.31. The highest BCUT2D eigenvalue weighted by molar-refractivity contribution is 4.98. The van der Waals surface area contributed by atoms with Crippen molar-refractivity contribution < 1.29 is 4.52 Å². The van der Waals surface area contributed by atoms with Gasteiger partial charge >= 0.3 is 0 Å². The Bertz CT molecular complexity index is 364. The molecule has 0 aromatic carbocycles. The molecule has 2 rings (SSSR count). The molecule has 1 fully saturated rings. The third kappa shape index (κ3) is 2.83. The fourth-order valence-corrected chi connectivity index (χ4v) is 2.12. The molecule has 0 saturated carbocycles. The topological polar surface area (TPSA) is 71.4 Å². The van der Waals surface area contributed by atoms with Gasteiger partial charge in [0.2, 0.25) is 5.89 Å². The van der Waals surface area contributed by atoms with Gasteiger partial charge in [-0.15, -0.1) is 0 Å². The van der Waals surface area contributed by atoms with Gasteiger partial charge in [-0.05, 0) is 40.5 Å². The lowest BCUT2D eigenvalue weighted by Gasteiger charge is -2.24. The van der Waals surface area contributed by atoms with Crippen molar-refractivity contribution in [3.05, 3.63) is 11.7 Å². The first-order valence-electron chi connectivity index (χ1n) is 6.06. The summed E-state index contributed by atoms with van der Waals surface area (Å²) < 4.78 is 5.17. The van der Waals surface area contributed by atoms with Crippen LogP contribution in [-0.2, 0) is 0 Å². The van der Waals surface area contributed by atoms with Crippen LogP contribution in [0.2, 0.25) is 0 Å². The maximum absolute atomic E-state index is 5.73. The van der Waals surface area contributed by atoms with Gasteiger partial charge in [0, 0.05) is 6.54 Å². The zero-order valence-corrected chi connectivity index (χ0v) is 10.8. The van der Waals surface area contributed by atoms with Crippen molar-refractivity contribution in [1.82, 2.24) is 19.9 Å². The van der Waals surface area contributed by atoms with E-state index in [2.05, 4.69) is 34.0 Å². The second kappa shape index (κ2) is 5.12. The van der Waals surface area contributed by atoms with Crippen LogP contribution in [0.25, 0.3) is 0 Å². The number of likely N-dealkylation sites (N-methyl/N-ethyl adjacent to an activating group) is 2. The Labute approximate surface area is 102 Å². The first kappa shape index (κ1) is 12.5. The van der Waals surface area contributed by atoms with Gasteiger partial charge in [-0.3, -0.25) is 4.90 Å². The molecule has 1 aromatic rings. The van der Waals surface area contributed by atoms with Crippen LogP contribution in [0.3, 0.4) is 0 Å². The third-order valence-electron chi connectivity index (χ3n) is 3.21. The molecule has 0 aliphatic carbocycles. The number of rotatable bonds is 2. The van der Waals surface area contributed by atoms with Crippen LogP contribution in [-0.4, -0.2) is 53.7 Å². The predicted octanol–water partition coefficient (Wildman–Crippen LogP) is 0.398. The van der Waals surface area contributed by atoms with Gasteiger partial charge in [0.25, 0.3) is 0 Å². The summed E-state index contributed by atoms with van der Waals surface area (Å²) in [5, 5.41) is 4.05. The summed E-state index contributed by atoms with van der Waals surface area (Å²) in [5.41, 5.74) is 5.73. The van der Waals surface area contributed by atoms with E-state index in [0.717, 1.165) is 25.5 Å². The van der Waals surface area contributed by atoms with E-state index >= 15 is 0 Å². The van der Waals surface area contributed by atoms with Crippen molar-refractivity contribution in [1.29, 1.82) is 0 Å². The van der Waals surface area contributed by atoms with Gasteiger partial charge in [0.15, 0.2) is 5.82 Å². The molecule has 1 aliphatic rings. The average Bonchev–Trinajstić information content (AvgIpc) is 2.68. The molecule has 1 aliphatic heterocycles. The van der Waals surface area contributed by atoms with E-state index in [-0.39, 0.29) is 12.1 Å². The number of nitrogens with zero attached hydrogens (tertiary/aromatic N) is 4. The van der Waals surface area contributed by atoms with Crippen LogP contribution >= 0.6 is 0 Å². The first-order valence-corrected chi connectivity index (χ1v) is 6.06. The SMILES string of the molecule is C[C@@H](N)c1nc(C2CN(C)CCCN2C)no1. The van der Waals surface area contributed by atoms with E-state index in [1.165, 1.54) is 6.42 Å². The van der Waals surface area contributed by atoms with Crippen molar-refractivity contribution in [2.75, 3.05) is 33.7 Å². The minimum Gasteiger partial charge on any atom is -0.338 e. The van der Waals surface area contributed by atoms with Crippen molar-refractivity contribution in [2.24, 2.45) is 5.73 Å². The largest absolute Gasteiger partial charge is 0.338 e. The summed E-state index contributed by atoms with van der Waals surface area (Å²) in [5.74, 6) is 1.26. The zero-order chi connectivity index (χ0) is 12.4. The molecule has 0 spiro atoms. The molecule has 1 aromatic heterocycles. The first-order chi connectivity index (χ1) is 8.08. The normalized spacial score (nSPS) is 25.8. The molecule has 0 radical (unpaired) electrons. The maximum Gasteiger partial charge on any atom is 0.243 e. The Morgan fingerprint density at radius 3 is 2.82 bits per heavy atom. The third-order valence-corrected chi connectivity index (χ3v) is 3.21. The van der Waals surface area contributed by atoms with Crippen molar-refractivity contribution in [3.63, 3.8) is 0 Å². The molecular weight excluding hydrogens is 218 g/mol. The smallest absolute Gasteiger partial charge is 0.243 e. The number of aromatic nitrogens is 2. The van der Waals surface area contributed by atoms with Gasteiger partial charge < -0.3 is 15.2 Å². The molecule has 96 valence electrons. The monoisotopic (exact) mass is 239 g/mol. The Hall–Kier alpha value is -0.980. The van der Waals surface area contributed by atoms with Crippen LogP contribution in [0.1, 0.15) is 37.1 Å². The summed E-state index contributed by atoms with van der Waals surface area (Å²) in [6, 6.07) is -0.0104. The Morgan fingerprint density at radius 2 is 2.18 bits per heavy atom. The lowest BCUT2D eigenvalue weighted by atomic mass is 10.2. The van der Waals surface area contributed by atoms with Gasteiger partial charge in [0.1, 0.15) is 0 Å². The quantitative estimate of drug-likeness (QED) is 0.805. The fourth-order valence-electron chi connectivity index (χ4n) is 2.12. The summed E-state index contributed by atoms with van der Waals surface area (Å²) in [7, 11) is 4.23. The molecule has 0 bridgehead atoms. The zero-order valence-electron chi connectivity index (χ0n) is 10.8. The van der Waals surface area contributed by atoms with Gasteiger partial charge in [-0.2, -0.15) is 4.98 Å². The number of hydrogen-bond acceptors (Lipinski definition) is 6. The van der Waals surface area contributed by atoms with E-state index in [4.69, 9.17) is 10.3 Å². The van der Waals surface area contributed by atoms with Crippen molar-refractivity contribution >= 4 is 0 Å². The Morgan fingerprint density at radius 1 is 1.41 bits per heavy atom. The Balaban J connectivity index is 2.17.